The molecule has 1 aromatic rings. The fraction of sp³-hybridized carbons (Fsp3) is 0.500. The van der Waals surface area contributed by atoms with Gasteiger partial charge in [0.05, 0.1) is 11.5 Å². The van der Waals surface area contributed by atoms with E-state index in [0.717, 1.165) is 30.8 Å². The summed E-state index contributed by atoms with van der Waals surface area (Å²) >= 11 is 0. The highest BCUT2D eigenvalue weighted by atomic mass is 32.2. The SMILES string of the molecule is Nc1ccccc1CN1CCCS(=O)(=O)CC1. The van der Waals surface area contributed by atoms with E-state index in [-0.39, 0.29) is 5.75 Å². The summed E-state index contributed by atoms with van der Waals surface area (Å²) in [5.41, 5.74) is 7.74. The van der Waals surface area contributed by atoms with Crippen molar-refractivity contribution in [3.63, 3.8) is 0 Å². The van der Waals surface area contributed by atoms with Gasteiger partial charge < -0.3 is 5.73 Å². The van der Waals surface area contributed by atoms with Crippen molar-refractivity contribution >= 4 is 15.5 Å². The van der Waals surface area contributed by atoms with Gasteiger partial charge in [-0.2, -0.15) is 0 Å². The molecular weight excluding hydrogens is 236 g/mol. The van der Waals surface area contributed by atoms with Crippen molar-refractivity contribution in [2.45, 2.75) is 13.0 Å². The van der Waals surface area contributed by atoms with Crippen LogP contribution in [0.1, 0.15) is 12.0 Å². The molecule has 4 nitrogen and oxygen atoms in total. The summed E-state index contributed by atoms with van der Waals surface area (Å²) < 4.78 is 23.0. The molecule has 0 saturated carbocycles. The highest BCUT2D eigenvalue weighted by molar-refractivity contribution is 7.91. The van der Waals surface area contributed by atoms with E-state index in [1.807, 2.05) is 24.3 Å². The largest absolute Gasteiger partial charge is 0.398 e. The number of nitrogen functional groups attached to an aromatic ring is 1. The van der Waals surface area contributed by atoms with Crippen LogP contribution in [0.15, 0.2) is 24.3 Å². The van der Waals surface area contributed by atoms with Crippen LogP contribution in [-0.2, 0) is 16.4 Å². The van der Waals surface area contributed by atoms with Gasteiger partial charge in [-0.1, -0.05) is 18.2 Å². The van der Waals surface area contributed by atoms with E-state index in [4.69, 9.17) is 5.73 Å². The molecule has 1 heterocycles. The number of benzene rings is 1. The Labute approximate surface area is 102 Å². The number of para-hydroxylation sites is 1. The van der Waals surface area contributed by atoms with E-state index >= 15 is 0 Å². The van der Waals surface area contributed by atoms with Crippen molar-refractivity contribution in [2.75, 3.05) is 30.3 Å². The van der Waals surface area contributed by atoms with Crippen molar-refractivity contribution < 1.29 is 8.42 Å². The second kappa shape index (κ2) is 5.06. The van der Waals surface area contributed by atoms with Crippen molar-refractivity contribution in [1.82, 2.24) is 4.90 Å². The molecule has 2 rings (SSSR count). The van der Waals surface area contributed by atoms with Crippen molar-refractivity contribution in [3.8, 4) is 0 Å². The topological polar surface area (TPSA) is 63.4 Å². The predicted molar refractivity (Wildman–Crippen MR) is 69.4 cm³/mol. The molecule has 5 heteroatoms. The molecule has 0 spiro atoms. The first-order valence-electron chi connectivity index (χ1n) is 5.83. The van der Waals surface area contributed by atoms with Gasteiger partial charge in [0.1, 0.15) is 0 Å². The van der Waals surface area contributed by atoms with E-state index in [1.54, 1.807) is 0 Å². The third kappa shape index (κ3) is 3.44. The average molecular weight is 254 g/mol. The lowest BCUT2D eigenvalue weighted by molar-refractivity contribution is 0.288. The van der Waals surface area contributed by atoms with Crippen molar-refractivity contribution in [1.29, 1.82) is 0 Å². The second-order valence-electron chi connectivity index (χ2n) is 4.48. The average Bonchev–Trinajstić information content (AvgIpc) is 2.44. The Kier molecular flexibility index (Phi) is 3.69. The summed E-state index contributed by atoms with van der Waals surface area (Å²) in [4.78, 5) is 2.16. The zero-order valence-corrected chi connectivity index (χ0v) is 10.6. The first-order chi connectivity index (χ1) is 8.07. The van der Waals surface area contributed by atoms with Gasteiger partial charge in [-0.25, -0.2) is 8.42 Å². The molecule has 0 radical (unpaired) electrons. The molecule has 94 valence electrons. The predicted octanol–water partition coefficient (Wildman–Crippen LogP) is 0.889. The van der Waals surface area contributed by atoms with Crippen LogP contribution in [0.25, 0.3) is 0 Å². The summed E-state index contributed by atoms with van der Waals surface area (Å²) in [6.45, 7) is 2.17. The molecule has 1 aliphatic heterocycles. The summed E-state index contributed by atoms with van der Waals surface area (Å²) in [6.07, 6.45) is 0.717. The molecular formula is C12H18N2O2S. The van der Waals surface area contributed by atoms with Crippen LogP contribution in [0.5, 0.6) is 0 Å². The zero-order chi connectivity index (χ0) is 12.3. The van der Waals surface area contributed by atoms with Gasteiger partial charge >= 0.3 is 0 Å². The standard InChI is InChI=1S/C12H18N2O2S/c13-12-5-2-1-4-11(12)10-14-6-3-8-17(15,16)9-7-14/h1-2,4-5H,3,6-10,13H2. The first-order valence-corrected chi connectivity index (χ1v) is 7.65. The summed E-state index contributed by atoms with van der Waals surface area (Å²) in [6, 6.07) is 7.74. The monoisotopic (exact) mass is 254 g/mol. The van der Waals surface area contributed by atoms with E-state index in [0.29, 0.717) is 12.3 Å². The van der Waals surface area contributed by atoms with Crippen LogP contribution in [0, 0.1) is 0 Å². The summed E-state index contributed by atoms with van der Waals surface area (Å²) in [7, 11) is -2.83. The number of nitrogens with two attached hydrogens (primary N) is 1. The van der Waals surface area contributed by atoms with E-state index < -0.39 is 9.84 Å². The van der Waals surface area contributed by atoms with Gasteiger partial charge in [-0.15, -0.1) is 0 Å². The number of sulfone groups is 1. The number of nitrogens with zero attached hydrogens (tertiary/aromatic N) is 1. The fourth-order valence-corrected chi connectivity index (χ4v) is 3.38. The minimum absolute atomic E-state index is 0.264. The Hall–Kier alpha value is -1.07. The minimum atomic E-state index is -2.83. The van der Waals surface area contributed by atoms with Crippen molar-refractivity contribution in [3.05, 3.63) is 29.8 Å². The number of hydrogen-bond donors (Lipinski definition) is 1. The Morgan fingerprint density at radius 2 is 1.94 bits per heavy atom. The molecule has 0 aliphatic carbocycles. The molecule has 1 fully saturated rings. The number of hydrogen-bond acceptors (Lipinski definition) is 4. The Morgan fingerprint density at radius 3 is 2.71 bits per heavy atom. The molecule has 0 atom stereocenters. The summed E-state index contributed by atoms with van der Waals surface area (Å²) in [5, 5.41) is 0. The molecule has 17 heavy (non-hydrogen) atoms. The van der Waals surface area contributed by atoms with Gasteiger partial charge in [0, 0.05) is 18.8 Å². The van der Waals surface area contributed by atoms with Crippen LogP contribution in [0.4, 0.5) is 5.69 Å². The van der Waals surface area contributed by atoms with E-state index in [1.165, 1.54) is 0 Å². The molecule has 1 aliphatic rings. The smallest absolute Gasteiger partial charge is 0.151 e. The van der Waals surface area contributed by atoms with Gasteiger partial charge in [0.15, 0.2) is 9.84 Å². The Balaban J connectivity index is 2.03. The van der Waals surface area contributed by atoms with Crippen LogP contribution in [0.3, 0.4) is 0 Å². The number of anilines is 1. The van der Waals surface area contributed by atoms with Crippen LogP contribution in [0.2, 0.25) is 0 Å². The highest BCUT2D eigenvalue weighted by Gasteiger charge is 2.19. The van der Waals surface area contributed by atoms with Crippen molar-refractivity contribution in [2.24, 2.45) is 0 Å². The Morgan fingerprint density at radius 1 is 1.18 bits per heavy atom. The maximum Gasteiger partial charge on any atom is 0.151 e. The normalized spacial score (nSPS) is 20.9. The minimum Gasteiger partial charge on any atom is -0.398 e. The van der Waals surface area contributed by atoms with E-state index in [2.05, 4.69) is 4.90 Å². The molecule has 1 aromatic carbocycles. The molecule has 0 aromatic heterocycles. The molecule has 0 unspecified atom stereocenters. The van der Waals surface area contributed by atoms with Gasteiger partial charge in [0.25, 0.3) is 0 Å². The third-order valence-electron chi connectivity index (χ3n) is 3.10. The van der Waals surface area contributed by atoms with Crippen LogP contribution >= 0.6 is 0 Å². The summed E-state index contributed by atoms with van der Waals surface area (Å²) in [5.74, 6) is 0.577. The maximum atomic E-state index is 11.5. The van der Waals surface area contributed by atoms with E-state index in [9.17, 15) is 8.42 Å². The van der Waals surface area contributed by atoms with Gasteiger partial charge in [0.2, 0.25) is 0 Å². The molecule has 2 N–H and O–H groups in total. The lowest BCUT2D eigenvalue weighted by atomic mass is 10.1. The first kappa shape index (κ1) is 12.4. The fourth-order valence-electron chi connectivity index (χ4n) is 2.07. The molecule has 0 bridgehead atoms. The Bertz CT molecular complexity index is 485. The van der Waals surface area contributed by atoms with Gasteiger partial charge in [-0.05, 0) is 24.6 Å². The van der Waals surface area contributed by atoms with Crippen LogP contribution in [-0.4, -0.2) is 37.9 Å². The van der Waals surface area contributed by atoms with Gasteiger partial charge in [-0.3, -0.25) is 4.90 Å². The highest BCUT2D eigenvalue weighted by Crippen LogP contribution is 2.15. The second-order valence-corrected chi connectivity index (χ2v) is 6.78. The molecule has 0 amide bonds. The molecule has 1 saturated heterocycles. The lowest BCUT2D eigenvalue weighted by Gasteiger charge is -2.20. The quantitative estimate of drug-likeness (QED) is 0.796. The third-order valence-corrected chi connectivity index (χ3v) is 4.81. The maximum absolute atomic E-state index is 11.5. The van der Waals surface area contributed by atoms with Crippen LogP contribution < -0.4 is 5.73 Å². The number of rotatable bonds is 2. The zero-order valence-electron chi connectivity index (χ0n) is 9.80. The lowest BCUT2D eigenvalue weighted by Crippen LogP contribution is -2.27.